The SMILES string of the molecule is Cc1cc(C(=O)NCCC(C)C)nc(N2CCN(C=O)CC2)n1. The predicted octanol–water partition coefficient (Wildman–Crippen LogP) is 0.839. The van der Waals surface area contributed by atoms with Crippen molar-refractivity contribution in [2.45, 2.75) is 27.2 Å². The van der Waals surface area contributed by atoms with E-state index in [0.29, 0.717) is 50.3 Å². The van der Waals surface area contributed by atoms with Gasteiger partial charge in [0.1, 0.15) is 5.69 Å². The molecule has 1 fully saturated rings. The average Bonchev–Trinajstić information content (AvgIpc) is 2.54. The third-order valence-corrected chi connectivity index (χ3v) is 3.83. The van der Waals surface area contributed by atoms with Crippen LogP contribution in [-0.2, 0) is 4.79 Å². The van der Waals surface area contributed by atoms with Gasteiger partial charge in [-0.05, 0) is 25.3 Å². The number of piperazine rings is 1. The highest BCUT2D eigenvalue weighted by Crippen LogP contribution is 2.13. The monoisotopic (exact) mass is 319 g/mol. The van der Waals surface area contributed by atoms with Gasteiger partial charge in [0.05, 0.1) is 0 Å². The molecule has 0 bridgehead atoms. The predicted molar refractivity (Wildman–Crippen MR) is 88.4 cm³/mol. The van der Waals surface area contributed by atoms with Crippen molar-refractivity contribution in [1.82, 2.24) is 20.2 Å². The number of aromatic nitrogens is 2. The minimum Gasteiger partial charge on any atom is -0.351 e. The van der Waals surface area contributed by atoms with Gasteiger partial charge >= 0.3 is 0 Å². The fourth-order valence-corrected chi connectivity index (χ4v) is 2.40. The second-order valence-corrected chi connectivity index (χ2v) is 6.26. The van der Waals surface area contributed by atoms with Crippen molar-refractivity contribution in [3.05, 3.63) is 17.5 Å². The topological polar surface area (TPSA) is 78.4 Å². The molecule has 1 aliphatic rings. The normalized spacial score (nSPS) is 15.0. The first-order chi connectivity index (χ1) is 11.0. The number of hydrogen-bond acceptors (Lipinski definition) is 5. The Kier molecular flexibility index (Phi) is 5.90. The van der Waals surface area contributed by atoms with Crippen LogP contribution in [0.2, 0.25) is 0 Å². The van der Waals surface area contributed by atoms with E-state index in [4.69, 9.17) is 0 Å². The van der Waals surface area contributed by atoms with Crippen molar-refractivity contribution in [1.29, 1.82) is 0 Å². The average molecular weight is 319 g/mol. The highest BCUT2D eigenvalue weighted by atomic mass is 16.2. The Morgan fingerprint density at radius 1 is 1.30 bits per heavy atom. The summed E-state index contributed by atoms with van der Waals surface area (Å²) in [6.45, 7) is 9.40. The van der Waals surface area contributed by atoms with Gasteiger partial charge in [-0.3, -0.25) is 9.59 Å². The Morgan fingerprint density at radius 3 is 2.61 bits per heavy atom. The summed E-state index contributed by atoms with van der Waals surface area (Å²) < 4.78 is 0. The summed E-state index contributed by atoms with van der Waals surface area (Å²) in [5.74, 6) is 0.945. The number of nitrogens with one attached hydrogen (secondary N) is 1. The quantitative estimate of drug-likeness (QED) is 0.786. The summed E-state index contributed by atoms with van der Waals surface area (Å²) in [6, 6.07) is 1.70. The Hall–Kier alpha value is -2.18. The summed E-state index contributed by atoms with van der Waals surface area (Å²) in [7, 11) is 0. The van der Waals surface area contributed by atoms with Gasteiger partial charge in [0.15, 0.2) is 0 Å². The van der Waals surface area contributed by atoms with Crippen LogP contribution < -0.4 is 10.2 Å². The molecule has 0 aromatic carbocycles. The zero-order chi connectivity index (χ0) is 16.8. The maximum atomic E-state index is 12.2. The van der Waals surface area contributed by atoms with Gasteiger partial charge in [0, 0.05) is 38.4 Å². The van der Waals surface area contributed by atoms with Crippen molar-refractivity contribution >= 4 is 18.3 Å². The molecule has 0 atom stereocenters. The van der Waals surface area contributed by atoms with Gasteiger partial charge in [-0.15, -0.1) is 0 Å². The van der Waals surface area contributed by atoms with E-state index < -0.39 is 0 Å². The number of anilines is 1. The van der Waals surface area contributed by atoms with Crippen molar-refractivity contribution in [2.24, 2.45) is 5.92 Å². The number of carbonyl (C=O) groups excluding carboxylic acids is 2. The molecule has 1 aromatic rings. The van der Waals surface area contributed by atoms with Gasteiger partial charge in [0.2, 0.25) is 12.4 Å². The summed E-state index contributed by atoms with van der Waals surface area (Å²) in [6.07, 6.45) is 1.80. The Bertz CT molecular complexity index is 553. The molecule has 0 aliphatic carbocycles. The molecule has 7 heteroatoms. The molecule has 1 N–H and O–H groups in total. The van der Waals surface area contributed by atoms with Crippen LogP contribution in [0.3, 0.4) is 0 Å². The van der Waals surface area contributed by atoms with E-state index in [2.05, 4.69) is 29.1 Å². The first-order valence-electron chi connectivity index (χ1n) is 8.07. The minimum atomic E-state index is -0.163. The lowest BCUT2D eigenvalue weighted by Crippen LogP contribution is -2.46. The van der Waals surface area contributed by atoms with Crippen LogP contribution in [0.25, 0.3) is 0 Å². The van der Waals surface area contributed by atoms with E-state index in [1.807, 2.05) is 11.8 Å². The van der Waals surface area contributed by atoms with Gasteiger partial charge < -0.3 is 15.1 Å². The van der Waals surface area contributed by atoms with Crippen LogP contribution in [0.1, 0.15) is 36.5 Å². The molecule has 2 heterocycles. The number of aryl methyl sites for hydroxylation is 1. The van der Waals surface area contributed by atoms with Crippen molar-refractivity contribution in [2.75, 3.05) is 37.6 Å². The van der Waals surface area contributed by atoms with E-state index in [0.717, 1.165) is 18.5 Å². The lowest BCUT2D eigenvalue weighted by molar-refractivity contribution is -0.118. The molecule has 2 amide bonds. The zero-order valence-electron chi connectivity index (χ0n) is 14.1. The molecule has 23 heavy (non-hydrogen) atoms. The molecule has 7 nitrogen and oxygen atoms in total. The van der Waals surface area contributed by atoms with Crippen molar-refractivity contribution in [3.63, 3.8) is 0 Å². The molecule has 0 spiro atoms. The Morgan fingerprint density at radius 2 is 2.00 bits per heavy atom. The molecule has 0 radical (unpaired) electrons. The van der Waals surface area contributed by atoms with Crippen LogP contribution in [0.15, 0.2) is 6.07 Å². The lowest BCUT2D eigenvalue weighted by atomic mass is 10.1. The summed E-state index contributed by atoms with van der Waals surface area (Å²) in [4.78, 5) is 35.6. The van der Waals surface area contributed by atoms with E-state index in [-0.39, 0.29) is 5.91 Å². The fourth-order valence-electron chi connectivity index (χ4n) is 2.40. The van der Waals surface area contributed by atoms with Crippen LogP contribution in [0, 0.1) is 12.8 Å². The summed E-state index contributed by atoms with van der Waals surface area (Å²) in [5.41, 5.74) is 1.16. The minimum absolute atomic E-state index is 0.163. The largest absolute Gasteiger partial charge is 0.351 e. The van der Waals surface area contributed by atoms with Gasteiger partial charge in [-0.1, -0.05) is 13.8 Å². The molecular weight excluding hydrogens is 294 g/mol. The maximum absolute atomic E-state index is 12.2. The molecule has 1 saturated heterocycles. The number of nitrogens with zero attached hydrogens (tertiary/aromatic N) is 4. The Labute approximate surface area is 137 Å². The first kappa shape index (κ1) is 17.2. The second-order valence-electron chi connectivity index (χ2n) is 6.26. The lowest BCUT2D eigenvalue weighted by Gasteiger charge is -2.32. The first-order valence-corrected chi connectivity index (χ1v) is 8.07. The fraction of sp³-hybridized carbons (Fsp3) is 0.625. The van der Waals surface area contributed by atoms with E-state index in [9.17, 15) is 9.59 Å². The Balaban J connectivity index is 2.04. The van der Waals surface area contributed by atoms with E-state index in [1.54, 1.807) is 11.0 Å². The summed E-state index contributed by atoms with van der Waals surface area (Å²) >= 11 is 0. The second kappa shape index (κ2) is 7.89. The van der Waals surface area contributed by atoms with Gasteiger partial charge in [-0.2, -0.15) is 0 Å². The van der Waals surface area contributed by atoms with Gasteiger partial charge in [0.25, 0.3) is 5.91 Å². The molecule has 1 aromatic heterocycles. The molecular formula is C16H25N5O2. The van der Waals surface area contributed by atoms with Crippen LogP contribution >= 0.6 is 0 Å². The van der Waals surface area contributed by atoms with E-state index in [1.165, 1.54) is 0 Å². The number of hydrogen-bond donors (Lipinski definition) is 1. The highest BCUT2D eigenvalue weighted by Gasteiger charge is 2.19. The molecule has 0 saturated carbocycles. The third kappa shape index (κ3) is 4.91. The number of amides is 2. The molecule has 2 rings (SSSR count). The standard InChI is InChI=1S/C16H25N5O2/c1-12(2)4-5-17-15(23)14-10-13(3)18-16(19-14)21-8-6-20(11-22)7-9-21/h10-12H,4-9H2,1-3H3,(H,17,23). The number of rotatable bonds is 6. The molecule has 1 aliphatic heterocycles. The van der Waals surface area contributed by atoms with E-state index >= 15 is 0 Å². The molecule has 126 valence electrons. The number of carbonyl (C=O) groups is 2. The highest BCUT2D eigenvalue weighted by molar-refractivity contribution is 5.92. The van der Waals surface area contributed by atoms with Crippen LogP contribution in [0.4, 0.5) is 5.95 Å². The van der Waals surface area contributed by atoms with Gasteiger partial charge in [-0.25, -0.2) is 9.97 Å². The smallest absolute Gasteiger partial charge is 0.270 e. The van der Waals surface area contributed by atoms with Crippen molar-refractivity contribution in [3.8, 4) is 0 Å². The summed E-state index contributed by atoms with van der Waals surface area (Å²) in [5, 5.41) is 2.90. The van der Waals surface area contributed by atoms with Crippen LogP contribution in [-0.4, -0.2) is 59.9 Å². The van der Waals surface area contributed by atoms with Crippen molar-refractivity contribution < 1.29 is 9.59 Å². The van der Waals surface area contributed by atoms with Crippen LogP contribution in [0.5, 0.6) is 0 Å². The maximum Gasteiger partial charge on any atom is 0.270 e. The third-order valence-electron chi connectivity index (χ3n) is 3.83. The zero-order valence-corrected chi connectivity index (χ0v) is 14.1. The molecule has 0 unspecified atom stereocenters.